The summed E-state index contributed by atoms with van der Waals surface area (Å²) in [6.45, 7) is 5.39. The second-order valence-electron chi connectivity index (χ2n) is 4.58. The van der Waals surface area contributed by atoms with E-state index >= 15 is 0 Å². The number of carbonyl (C=O) groups is 1. The molecule has 0 unspecified atom stereocenters. The molecule has 0 fully saturated rings. The van der Waals surface area contributed by atoms with Gasteiger partial charge in [-0.1, -0.05) is 11.8 Å². The predicted molar refractivity (Wildman–Crippen MR) is 84.7 cm³/mol. The number of nitrogens with zero attached hydrogens (tertiary/aromatic N) is 3. The molecule has 0 aliphatic heterocycles. The molecule has 6 nitrogen and oxygen atoms in total. The van der Waals surface area contributed by atoms with E-state index in [4.69, 9.17) is 4.42 Å². The predicted octanol–water partition coefficient (Wildman–Crippen LogP) is 2.79. The lowest BCUT2D eigenvalue weighted by molar-refractivity contribution is -0.130. The Morgan fingerprint density at radius 3 is 2.55 bits per heavy atom. The maximum absolute atomic E-state index is 11.9. The van der Waals surface area contributed by atoms with Crippen LogP contribution in [0.15, 0.2) is 33.9 Å². The molecule has 0 bridgehead atoms. The maximum atomic E-state index is 11.9. The summed E-state index contributed by atoms with van der Waals surface area (Å²) in [6, 6.07) is 6.55. The van der Waals surface area contributed by atoms with E-state index < -0.39 is 0 Å². The lowest BCUT2D eigenvalue weighted by Crippen LogP contribution is -2.30. The van der Waals surface area contributed by atoms with Crippen LogP contribution in [0, 0.1) is 0 Å². The van der Waals surface area contributed by atoms with Gasteiger partial charge in [-0.15, -0.1) is 10.2 Å². The Bertz CT molecular complexity index is 609. The quantitative estimate of drug-likeness (QED) is 0.790. The molecule has 1 aromatic heterocycles. The minimum Gasteiger partial charge on any atom is -0.508 e. The molecule has 0 atom stereocenters. The number of aromatic nitrogens is 2. The first-order chi connectivity index (χ1) is 10.6. The average Bonchev–Trinajstić information content (AvgIpc) is 2.98. The molecule has 22 heavy (non-hydrogen) atoms. The van der Waals surface area contributed by atoms with Gasteiger partial charge >= 0.3 is 0 Å². The van der Waals surface area contributed by atoms with Crippen LogP contribution in [-0.4, -0.2) is 45.0 Å². The Hall–Kier alpha value is -2.02. The second-order valence-corrected chi connectivity index (χ2v) is 5.63. The van der Waals surface area contributed by atoms with E-state index in [0.717, 1.165) is 18.7 Å². The highest BCUT2D eigenvalue weighted by Crippen LogP contribution is 2.24. The smallest absolute Gasteiger partial charge is 0.276 e. The number of phenols is 1. The number of carbonyl (C=O) groups excluding carboxylic acids is 1. The molecule has 0 radical (unpaired) electrons. The van der Waals surface area contributed by atoms with Gasteiger partial charge in [0.2, 0.25) is 11.8 Å². The number of aromatic hydroxyl groups is 1. The molecule has 0 saturated carbocycles. The Labute approximate surface area is 133 Å². The summed E-state index contributed by atoms with van der Waals surface area (Å²) in [5, 5.41) is 17.6. The van der Waals surface area contributed by atoms with Gasteiger partial charge in [-0.2, -0.15) is 0 Å². The van der Waals surface area contributed by atoms with Gasteiger partial charge in [0.15, 0.2) is 0 Å². The van der Waals surface area contributed by atoms with E-state index in [1.54, 1.807) is 29.2 Å². The maximum Gasteiger partial charge on any atom is 0.276 e. The van der Waals surface area contributed by atoms with Crippen molar-refractivity contribution in [1.82, 2.24) is 15.1 Å². The first-order valence-corrected chi connectivity index (χ1v) is 8.16. The molecule has 0 saturated heterocycles. The minimum absolute atomic E-state index is 0.135. The largest absolute Gasteiger partial charge is 0.508 e. The highest BCUT2D eigenvalue weighted by Gasteiger charge is 2.12. The lowest BCUT2D eigenvalue weighted by Gasteiger charge is -2.17. The number of hydrogen-bond acceptors (Lipinski definition) is 6. The van der Waals surface area contributed by atoms with Crippen LogP contribution in [0.4, 0.5) is 0 Å². The molecule has 0 aliphatic carbocycles. The standard InChI is InChI=1S/C15H19N3O3S/c1-3-18(4-2)13(20)9-10-22-15-17-16-14(21-15)11-5-7-12(19)8-6-11/h5-8,19H,3-4,9-10H2,1-2H3. The van der Waals surface area contributed by atoms with E-state index in [9.17, 15) is 9.90 Å². The van der Waals surface area contributed by atoms with E-state index in [1.165, 1.54) is 11.8 Å². The molecule has 2 aromatic rings. The normalized spacial score (nSPS) is 10.6. The summed E-state index contributed by atoms with van der Waals surface area (Å²) in [5.41, 5.74) is 0.747. The van der Waals surface area contributed by atoms with Crippen LogP contribution in [0.2, 0.25) is 0 Å². The molecule has 1 heterocycles. The number of benzene rings is 1. The van der Waals surface area contributed by atoms with E-state index in [-0.39, 0.29) is 11.7 Å². The zero-order valence-corrected chi connectivity index (χ0v) is 13.5. The van der Waals surface area contributed by atoms with Crippen molar-refractivity contribution in [1.29, 1.82) is 0 Å². The fourth-order valence-corrected chi connectivity index (χ4v) is 2.64. The van der Waals surface area contributed by atoms with Crippen molar-refractivity contribution in [2.45, 2.75) is 25.5 Å². The minimum atomic E-state index is 0.135. The third kappa shape index (κ3) is 4.24. The van der Waals surface area contributed by atoms with Gasteiger partial charge in [0.25, 0.3) is 5.22 Å². The number of amides is 1. The van der Waals surface area contributed by atoms with Crippen LogP contribution in [0.3, 0.4) is 0 Å². The van der Waals surface area contributed by atoms with Gasteiger partial charge in [-0.3, -0.25) is 4.79 Å². The topological polar surface area (TPSA) is 79.5 Å². The summed E-state index contributed by atoms with van der Waals surface area (Å²) in [5.74, 6) is 1.33. The molecule has 1 amide bonds. The highest BCUT2D eigenvalue weighted by molar-refractivity contribution is 7.99. The molecule has 1 aromatic carbocycles. The Morgan fingerprint density at radius 2 is 1.91 bits per heavy atom. The van der Waals surface area contributed by atoms with Crippen LogP contribution in [0.5, 0.6) is 5.75 Å². The van der Waals surface area contributed by atoms with Crippen LogP contribution in [0.1, 0.15) is 20.3 Å². The van der Waals surface area contributed by atoms with Crippen molar-refractivity contribution in [2.75, 3.05) is 18.8 Å². The van der Waals surface area contributed by atoms with Crippen LogP contribution >= 0.6 is 11.8 Å². The van der Waals surface area contributed by atoms with E-state index in [1.807, 2.05) is 13.8 Å². The number of thioether (sulfide) groups is 1. The van der Waals surface area contributed by atoms with Crippen LogP contribution in [-0.2, 0) is 4.79 Å². The van der Waals surface area contributed by atoms with Gasteiger partial charge in [-0.25, -0.2) is 0 Å². The Morgan fingerprint density at radius 1 is 1.23 bits per heavy atom. The first kappa shape index (κ1) is 16.4. The lowest BCUT2D eigenvalue weighted by atomic mass is 10.2. The van der Waals surface area contributed by atoms with Crippen molar-refractivity contribution in [3.63, 3.8) is 0 Å². The van der Waals surface area contributed by atoms with Crippen LogP contribution in [0.25, 0.3) is 11.5 Å². The molecular weight excluding hydrogens is 302 g/mol. The summed E-state index contributed by atoms with van der Waals surface area (Å²) in [7, 11) is 0. The molecular formula is C15H19N3O3S. The van der Waals surface area contributed by atoms with Crippen molar-refractivity contribution in [3.05, 3.63) is 24.3 Å². The molecule has 0 spiro atoms. The second kappa shape index (κ2) is 7.84. The molecule has 7 heteroatoms. The number of phenolic OH excluding ortho intramolecular Hbond substituents is 1. The van der Waals surface area contributed by atoms with E-state index in [0.29, 0.717) is 23.3 Å². The molecule has 118 valence electrons. The monoisotopic (exact) mass is 321 g/mol. The van der Waals surface area contributed by atoms with Crippen molar-refractivity contribution >= 4 is 17.7 Å². The summed E-state index contributed by atoms with van der Waals surface area (Å²) in [6.07, 6.45) is 0.448. The molecule has 1 N–H and O–H groups in total. The van der Waals surface area contributed by atoms with Gasteiger partial charge in [0, 0.05) is 30.8 Å². The number of rotatable bonds is 7. The SMILES string of the molecule is CCN(CC)C(=O)CCSc1nnc(-c2ccc(O)cc2)o1. The zero-order valence-electron chi connectivity index (χ0n) is 12.7. The highest BCUT2D eigenvalue weighted by atomic mass is 32.2. The number of hydrogen-bond donors (Lipinski definition) is 1. The van der Waals surface area contributed by atoms with Crippen molar-refractivity contribution in [3.8, 4) is 17.2 Å². The summed E-state index contributed by atoms with van der Waals surface area (Å²) >= 11 is 1.37. The zero-order chi connectivity index (χ0) is 15.9. The van der Waals surface area contributed by atoms with Crippen molar-refractivity contribution in [2.24, 2.45) is 0 Å². The fourth-order valence-electron chi connectivity index (χ4n) is 1.95. The van der Waals surface area contributed by atoms with Gasteiger partial charge in [-0.05, 0) is 38.1 Å². The summed E-state index contributed by atoms with van der Waals surface area (Å²) < 4.78 is 5.54. The Balaban J connectivity index is 1.87. The first-order valence-electron chi connectivity index (χ1n) is 7.17. The van der Waals surface area contributed by atoms with Crippen LogP contribution < -0.4 is 0 Å². The van der Waals surface area contributed by atoms with Gasteiger partial charge in [0.05, 0.1) is 0 Å². The van der Waals surface area contributed by atoms with E-state index in [2.05, 4.69) is 10.2 Å². The molecule has 2 rings (SSSR count). The average molecular weight is 321 g/mol. The fraction of sp³-hybridized carbons (Fsp3) is 0.400. The Kier molecular flexibility index (Phi) is 5.83. The summed E-state index contributed by atoms with van der Waals surface area (Å²) in [4.78, 5) is 13.7. The third-order valence-electron chi connectivity index (χ3n) is 3.18. The molecule has 0 aliphatic rings. The van der Waals surface area contributed by atoms with Crippen molar-refractivity contribution < 1.29 is 14.3 Å². The van der Waals surface area contributed by atoms with Gasteiger partial charge in [0.1, 0.15) is 5.75 Å². The van der Waals surface area contributed by atoms with Gasteiger partial charge < -0.3 is 14.4 Å². The third-order valence-corrected chi connectivity index (χ3v) is 4.00.